The number of halogens is 1. The largest absolute Gasteiger partial charge is 0.422 e. The van der Waals surface area contributed by atoms with E-state index in [-0.39, 0.29) is 0 Å². The van der Waals surface area contributed by atoms with E-state index >= 15 is 0 Å². The molecule has 3 rings (SSSR count). The van der Waals surface area contributed by atoms with E-state index in [1.54, 1.807) is 12.4 Å². The average molecular weight is 306 g/mol. The van der Waals surface area contributed by atoms with Crippen LogP contribution in [0.25, 0.3) is 0 Å². The Kier molecular flexibility index (Phi) is 3.15. The minimum atomic E-state index is 0.360. The number of anilines is 1. The molecule has 0 saturated heterocycles. The molecule has 18 heavy (non-hydrogen) atoms. The van der Waals surface area contributed by atoms with Crippen LogP contribution in [0.15, 0.2) is 35.1 Å². The zero-order chi connectivity index (χ0) is 12.4. The Balaban J connectivity index is 1.90. The number of hydrogen-bond acceptors (Lipinski definition) is 4. The van der Waals surface area contributed by atoms with Gasteiger partial charge in [-0.3, -0.25) is 0 Å². The van der Waals surface area contributed by atoms with Crippen molar-refractivity contribution in [1.29, 1.82) is 0 Å². The number of ether oxygens (including phenoxy) is 1. The van der Waals surface area contributed by atoms with Crippen LogP contribution in [0.2, 0.25) is 0 Å². The van der Waals surface area contributed by atoms with E-state index in [2.05, 4.69) is 37.3 Å². The van der Waals surface area contributed by atoms with E-state index in [1.165, 1.54) is 5.56 Å². The molecular formula is C13H12BrN3O. The number of nitrogens with zero attached hydrogens (tertiary/aromatic N) is 2. The van der Waals surface area contributed by atoms with Crippen LogP contribution < -0.4 is 10.1 Å². The smallest absolute Gasteiger partial charge is 0.322 e. The Morgan fingerprint density at radius 3 is 2.89 bits per heavy atom. The lowest BCUT2D eigenvalue weighted by atomic mass is 10.0. The van der Waals surface area contributed by atoms with Gasteiger partial charge in [0.25, 0.3) is 0 Å². The van der Waals surface area contributed by atoms with Crippen LogP contribution in [0, 0.1) is 0 Å². The lowest BCUT2D eigenvalue weighted by Crippen LogP contribution is -2.12. The lowest BCUT2D eigenvalue weighted by Gasteiger charge is -2.20. The van der Waals surface area contributed by atoms with Crippen molar-refractivity contribution in [2.75, 3.05) is 11.9 Å². The molecule has 0 radical (unpaired) electrons. The van der Waals surface area contributed by atoms with E-state index in [0.29, 0.717) is 6.01 Å². The third-order valence-electron chi connectivity index (χ3n) is 2.84. The van der Waals surface area contributed by atoms with Gasteiger partial charge in [0, 0.05) is 18.9 Å². The van der Waals surface area contributed by atoms with Crippen molar-refractivity contribution >= 4 is 21.6 Å². The fourth-order valence-corrected chi connectivity index (χ4v) is 2.22. The molecule has 1 N–H and O–H groups in total. The van der Waals surface area contributed by atoms with Gasteiger partial charge in [-0.05, 0) is 40.4 Å². The van der Waals surface area contributed by atoms with Crippen molar-refractivity contribution in [2.45, 2.75) is 12.8 Å². The SMILES string of the molecule is Brc1cnc(Oc2cccc3c2NCCC3)nc1. The second-order valence-electron chi connectivity index (χ2n) is 4.11. The van der Waals surface area contributed by atoms with Crippen LogP contribution >= 0.6 is 15.9 Å². The molecule has 0 bridgehead atoms. The molecule has 0 fully saturated rings. The molecule has 0 amide bonds. The van der Waals surface area contributed by atoms with Crippen LogP contribution in [0.5, 0.6) is 11.8 Å². The fraction of sp³-hybridized carbons (Fsp3) is 0.231. The number of aromatic nitrogens is 2. The monoisotopic (exact) mass is 305 g/mol. The van der Waals surface area contributed by atoms with Gasteiger partial charge >= 0.3 is 6.01 Å². The number of rotatable bonds is 2. The minimum Gasteiger partial charge on any atom is -0.422 e. The van der Waals surface area contributed by atoms with Crippen LogP contribution in [0.3, 0.4) is 0 Å². The predicted molar refractivity (Wildman–Crippen MR) is 73.1 cm³/mol. The maximum atomic E-state index is 5.73. The van der Waals surface area contributed by atoms with Crippen molar-refractivity contribution in [1.82, 2.24) is 9.97 Å². The van der Waals surface area contributed by atoms with Gasteiger partial charge in [0.05, 0.1) is 10.2 Å². The summed E-state index contributed by atoms with van der Waals surface area (Å²) in [4.78, 5) is 8.23. The normalized spacial score (nSPS) is 13.6. The quantitative estimate of drug-likeness (QED) is 0.924. The molecule has 0 unspecified atom stereocenters. The molecule has 1 aliphatic rings. The molecule has 2 heterocycles. The molecule has 1 aliphatic heterocycles. The Bertz CT molecular complexity index is 557. The summed E-state index contributed by atoms with van der Waals surface area (Å²) < 4.78 is 6.56. The summed E-state index contributed by atoms with van der Waals surface area (Å²) in [5.74, 6) is 0.787. The summed E-state index contributed by atoms with van der Waals surface area (Å²) in [6.45, 7) is 0.981. The third-order valence-corrected chi connectivity index (χ3v) is 3.24. The third kappa shape index (κ3) is 2.31. The lowest BCUT2D eigenvalue weighted by molar-refractivity contribution is 0.442. The standard InChI is InChI=1S/C13H12BrN3O/c14-10-7-16-13(17-8-10)18-11-5-1-3-9-4-2-6-15-12(9)11/h1,3,5,7-8,15H,2,4,6H2. The number of benzene rings is 1. The second-order valence-corrected chi connectivity index (χ2v) is 5.02. The van der Waals surface area contributed by atoms with Crippen molar-refractivity contribution in [2.24, 2.45) is 0 Å². The van der Waals surface area contributed by atoms with Crippen LogP contribution in [-0.4, -0.2) is 16.5 Å². The Morgan fingerprint density at radius 2 is 2.06 bits per heavy atom. The van der Waals surface area contributed by atoms with Gasteiger partial charge in [0.2, 0.25) is 0 Å². The van der Waals surface area contributed by atoms with Gasteiger partial charge in [0.1, 0.15) is 0 Å². The number of aryl methyl sites for hydroxylation is 1. The number of hydrogen-bond donors (Lipinski definition) is 1. The highest BCUT2D eigenvalue weighted by molar-refractivity contribution is 9.10. The van der Waals surface area contributed by atoms with E-state index < -0.39 is 0 Å². The van der Waals surface area contributed by atoms with Gasteiger partial charge in [0.15, 0.2) is 5.75 Å². The molecule has 2 aromatic rings. The van der Waals surface area contributed by atoms with E-state index in [1.807, 2.05) is 12.1 Å². The Morgan fingerprint density at radius 1 is 1.22 bits per heavy atom. The van der Waals surface area contributed by atoms with Gasteiger partial charge in [-0.1, -0.05) is 12.1 Å². The number of fused-ring (bicyclic) bond motifs is 1. The number of nitrogens with one attached hydrogen (secondary N) is 1. The summed E-state index contributed by atoms with van der Waals surface area (Å²) in [5, 5.41) is 3.37. The Hall–Kier alpha value is -1.62. The minimum absolute atomic E-state index is 0.360. The topological polar surface area (TPSA) is 47.0 Å². The molecule has 0 atom stereocenters. The van der Waals surface area contributed by atoms with Gasteiger partial charge in [-0.2, -0.15) is 0 Å². The summed E-state index contributed by atoms with van der Waals surface area (Å²) in [6, 6.07) is 6.42. The van der Waals surface area contributed by atoms with Gasteiger partial charge in [-0.25, -0.2) is 9.97 Å². The summed E-state index contributed by atoms with van der Waals surface area (Å²) in [6.07, 6.45) is 5.59. The van der Waals surface area contributed by atoms with E-state index in [0.717, 1.165) is 35.3 Å². The number of para-hydroxylation sites is 1. The Labute approximate surface area is 114 Å². The summed E-state index contributed by atoms with van der Waals surface area (Å²) >= 11 is 3.30. The maximum absolute atomic E-state index is 5.73. The molecule has 0 saturated carbocycles. The van der Waals surface area contributed by atoms with Crippen LogP contribution in [0.1, 0.15) is 12.0 Å². The van der Waals surface area contributed by atoms with Crippen molar-refractivity contribution in [3.8, 4) is 11.8 Å². The van der Waals surface area contributed by atoms with Crippen molar-refractivity contribution < 1.29 is 4.74 Å². The zero-order valence-electron chi connectivity index (χ0n) is 9.69. The highest BCUT2D eigenvalue weighted by Crippen LogP contribution is 2.34. The van der Waals surface area contributed by atoms with Crippen LogP contribution in [-0.2, 0) is 6.42 Å². The molecule has 4 nitrogen and oxygen atoms in total. The first kappa shape index (κ1) is 11.5. The molecular weight excluding hydrogens is 294 g/mol. The zero-order valence-corrected chi connectivity index (χ0v) is 11.3. The summed E-state index contributed by atoms with van der Waals surface area (Å²) in [7, 11) is 0. The molecule has 5 heteroatoms. The average Bonchev–Trinajstić information content (AvgIpc) is 2.42. The van der Waals surface area contributed by atoms with E-state index in [9.17, 15) is 0 Å². The fourth-order valence-electron chi connectivity index (χ4n) is 2.01. The highest BCUT2D eigenvalue weighted by Gasteiger charge is 2.14. The van der Waals surface area contributed by atoms with E-state index in [4.69, 9.17) is 4.74 Å². The van der Waals surface area contributed by atoms with Crippen molar-refractivity contribution in [3.63, 3.8) is 0 Å². The second kappa shape index (κ2) is 4.94. The summed E-state index contributed by atoms with van der Waals surface area (Å²) in [5.41, 5.74) is 2.35. The first-order valence-corrected chi connectivity index (χ1v) is 6.63. The molecule has 0 aliphatic carbocycles. The first-order chi connectivity index (χ1) is 8.83. The van der Waals surface area contributed by atoms with Gasteiger partial charge in [-0.15, -0.1) is 0 Å². The van der Waals surface area contributed by atoms with Crippen molar-refractivity contribution in [3.05, 3.63) is 40.6 Å². The maximum Gasteiger partial charge on any atom is 0.322 e. The molecule has 0 spiro atoms. The van der Waals surface area contributed by atoms with Gasteiger partial charge < -0.3 is 10.1 Å². The molecule has 1 aromatic carbocycles. The predicted octanol–water partition coefficient (Wildman–Crippen LogP) is 3.39. The highest BCUT2D eigenvalue weighted by atomic mass is 79.9. The first-order valence-electron chi connectivity index (χ1n) is 5.84. The molecule has 1 aromatic heterocycles. The molecule has 92 valence electrons. The van der Waals surface area contributed by atoms with Crippen LogP contribution in [0.4, 0.5) is 5.69 Å².